The summed E-state index contributed by atoms with van der Waals surface area (Å²) < 4.78 is 25.0. The summed E-state index contributed by atoms with van der Waals surface area (Å²) in [5, 5.41) is 19.7. The predicted molar refractivity (Wildman–Crippen MR) is 49.7 cm³/mol. The van der Waals surface area contributed by atoms with Gasteiger partial charge in [-0.25, -0.2) is 8.78 Å². The van der Waals surface area contributed by atoms with Crippen LogP contribution < -0.4 is 0 Å². The molecule has 1 N–H and O–H groups in total. The van der Waals surface area contributed by atoms with Crippen LogP contribution in [0, 0.1) is 10.1 Å². The minimum atomic E-state index is -3.13. The van der Waals surface area contributed by atoms with Crippen LogP contribution in [0.3, 0.4) is 0 Å². The van der Waals surface area contributed by atoms with E-state index in [9.17, 15) is 28.8 Å². The van der Waals surface area contributed by atoms with Gasteiger partial charge < -0.3 is 5.11 Å². The van der Waals surface area contributed by atoms with Crippen LogP contribution in [0.25, 0.3) is 0 Å². The average Bonchev–Trinajstić information content (AvgIpc) is 2.15. The summed E-state index contributed by atoms with van der Waals surface area (Å²) >= 11 is 0. The number of nitrogens with zero attached hydrogens (tertiary/aromatic N) is 1. The Morgan fingerprint density at radius 1 is 1.50 bits per heavy atom. The molecule has 0 unspecified atom stereocenters. The molecule has 86 valence electrons. The van der Waals surface area contributed by atoms with Gasteiger partial charge in [-0.05, 0) is 19.1 Å². The lowest BCUT2D eigenvalue weighted by Gasteiger charge is -2.05. The van der Waals surface area contributed by atoms with E-state index in [1.54, 1.807) is 0 Å². The second-order valence-corrected chi connectivity index (χ2v) is 3.05. The lowest BCUT2D eigenvalue weighted by Crippen LogP contribution is -2.01. The van der Waals surface area contributed by atoms with Crippen LogP contribution in [0.5, 0.6) is 5.75 Å². The second-order valence-electron chi connectivity index (χ2n) is 3.05. The molecule has 0 aromatic heterocycles. The standard InChI is InChI=1S/C9H7F2NO4/c1-4(13)5-2-6(9(10)11)8(12(15)16)7(14)3-5/h2-3,9,14H,1H3. The quantitative estimate of drug-likeness (QED) is 0.492. The van der Waals surface area contributed by atoms with Crippen LogP contribution in [0.2, 0.25) is 0 Å². The van der Waals surface area contributed by atoms with Gasteiger partial charge in [-0.2, -0.15) is 0 Å². The van der Waals surface area contributed by atoms with Gasteiger partial charge in [-0.15, -0.1) is 0 Å². The summed E-state index contributed by atoms with van der Waals surface area (Å²) in [6.07, 6.45) is -3.13. The molecular weight excluding hydrogens is 224 g/mol. The molecule has 7 heteroatoms. The summed E-state index contributed by atoms with van der Waals surface area (Å²) in [7, 11) is 0. The number of phenols is 1. The first-order chi connectivity index (χ1) is 7.34. The molecule has 0 heterocycles. The fraction of sp³-hybridized carbons (Fsp3) is 0.222. The SMILES string of the molecule is CC(=O)c1cc(O)c([N+](=O)[O-])c(C(F)F)c1. The number of Topliss-reactive ketones (excluding diaryl/α,β-unsaturated/α-hetero) is 1. The molecule has 16 heavy (non-hydrogen) atoms. The second kappa shape index (κ2) is 4.21. The van der Waals surface area contributed by atoms with Crippen LogP contribution in [0.1, 0.15) is 29.3 Å². The summed E-state index contributed by atoms with van der Waals surface area (Å²) in [5.41, 5.74) is -2.23. The third-order valence-electron chi connectivity index (χ3n) is 1.94. The maximum atomic E-state index is 12.5. The Kier molecular flexibility index (Phi) is 3.17. The van der Waals surface area contributed by atoms with Gasteiger partial charge in [0.2, 0.25) is 0 Å². The lowest BCUT2D eigenvalue weighted by molar-refractivity contribution is -0.387. The van der Waals surface area contributed by atoms with Gasteiger partial charge in [0.25, 0.3) is 6.43 Å². The molecule has 1 rings (SSSR count). The zero-order chi connectivity index (χ0) is 12.5. The summed E-state index contributed by atoms with van der Waals surface area (Å²) in [6, 6.07) is 1.51. The largest absolute Gasteiger partial charge is 0.502 e. The number of alkyl halides is 2. The van der Waals surface area contributed by atoms with Crippen molar-refractivity contribution in [2.45, 2.75) is 13.3 Å². The van der Waals surface area contributed by atoms with Crippen molar-refractivity contribution in [1.82, 2.24) is 0 Å². The number of phenolic OH excluding ortho intramolecular Hbond substituents is 1. The number of hydrogen-bond donors (Lipinski definition) is 1. The van der Waals surface area contributed by atoms with Crippen molar-refractivity contribution >= 4 is 11.5 Å². The van der Waals surface area contributed by atoms with Crippen molar-refractivity contribution in [1.29, 1.82) is 0 Å². The Bertz CT molecular complexity index is 459. The van der Waals surface area contributed by atoms with Crippen molar-refractivity contribution in [2.75, 3.05) is 0 Å². The maximum Gasteiger partial charge on any atom is 0.319 e. The molecule has 5 nitrogen and oxygen atoms in total. The summed E-state index contributed by atoms with van der Waals surface area (Å²) in [6.45, 7) is 1.11. The number of carbonyl (C=O) groups excluding carboxylic acids is 1. The van der Waals surface area contributed by atoms with E-state index in [1.807, 2.05) is 0 Å². The Balaban J connectivity index is 3.51. The molecule has 0 saturated carbocycles. The van der Waals surface area contributed by atoms with E-state index in [0.29, 0.717) is 6.07 Å². The average molecular weight is 231 g/mol. The fourth-order valence-electron chi connectivity index (χ4n) is 1.21. The highest BCUT2D eigenvalue weighted by molar-refractivity contribution is 5.95. The molecule has 1 aromatic rings. The normalized spacial score (nSPS) is 10.5. The molecule has 0 bridgehead atoms. The monoisotopic (exact) mass is 231 g/mol. The van der Waals surface area contributed by atoms with Crippen LogP contribution in [-0.4, -0.2) is 15.8 Å². The van der Waals surface area contributed by atoms with Gasteiger partial charge in [-0.3, -0.25) is 14.9 Å². The summed E-state index contributed by atoms with van der Waals surface area (Å²) in [4.78, 5) is 20.3. The van der Waals surface area contributed by atoms with Crippen LogP contribution in [0.4, 0.5) is 14.5 Å². The Morgan fingerprint density at radius 2 is 2.06 bits per heavy atom. The molecule has 0 aliphatic carbocycles. The van der Waals surface area contributed by atoms with Gasteiger partial charge in [-0.1, -0.05) is 0 Å². The number of carbonyl (C=O) groups is 1. The highest BCUT2D eigenvalue weighted by Crippen LogP contribution is 2.37. The van der Waals surface area contributed by atoms with Gasteiger partial charge in [0.05, 0.1) is 4.92 Å². The lowest BCUT2D eigenvalue weighted by atomic mass is 10.1. The van der Waals surface area contributed by atoms with Crippen molar-refractivity contribution < 1.29 is 23.6 Å². The molecule has 0 amide bonds. The van der Waals surface area contributed by atoms with E-state index in [0.717, 1.165) is 13.0 Å². The zero-order valence-electron chi connectivity index (χ0n) is 8.11. The highest BCUT2D eigenvalue weighted by atomic mass is 19.3. The van der Waals surface area contributed by atoms with E-state index < -0.39 is 34.1 Å². The molecule has 0 atom stereocenters. The van der Waals surface area contributed by atoms with Gasteiger partial charge in [0.1, 0.15) is 5.56 Å². The number of rotatable bonds is 3. The molecule has 0 saturated heterocycles. The third-order valence-corrected chi connectivity index (χ3v) is 1.94. The minimum absolute atomic E-state index is 0.196. The number of aromatic hydroxyl groups is 1. The molecule has 0 aliphatic rings. The number of nitro benzene ring substituents is 1. The van der Waals surface area contributed by atoms with E-state index in [4.69, 9.17) is 0 Å². The van der Waals surface area contributed by atoms with Gasteiger partial charge in [0.15, 0.2) is 11.5 Å². The number of ketones is 1. The molecule has 0 fully saturated rings. The minimum Gasteiger partial charge on any atom is -0.502 e. The van der Waals surface area contributed by atoms with E-state index in [1.165, 1.54) is 0 Å². The first-order valence-electron chi connectivity index (χ1n) is 4.15. The number of benzene rings is 1. The van der Waals surface area contributed by atoms with Crippen LogP contribution >= 0.6 is 0 Å². The molecule has 1 aromatic carbocycles. The Morgan fingerprint density at radius 3 is 2.44 bits per heavy atom. The van der Waals surface area contributed by atoms with Crippen LogP contribution in [0.15, 0.2) is 12.1 Å². The molecule has 0 aliphatic heterocycles. The number of hydrogen-bond acceptors (Lipinski definition) is 4. The number of nitro groups is 1. The Hall–Kier alpha value is -2.05. The topological polar surface area (TPSA) is 80.4 Å². The van der Waals surface area contributed by atoms with E-state index in [-0.39, 0.29) is 5.56 Å². The number of halogens is 2. The maximum absolute atomic E-state index is 12.5. The van der Waals surface area contributed by atoms with Crippen molar-refractivity contribution in [3.63, 3.8) is 0 Å². The van der Waals surface area contributed by atoms with Gasteiger partial charge in [0, 0.05) is 5.56 Å². The third kappa shape index (κ3) is 2.13. The fourth-order valence-corrected chi connectivity index (χ4v) is 1.21. The highest BCUT2D eigenvalue weighted by Gasteiger charge is 2.27. The van der Waals surface area contributed by atoms with Crippen LogP contribution in [-0.2, 0) is 0 Å². The molecule has 0 spiro atoms. The Labute approximate surface area is 88.5 Å². The molecular formula is C9H7F2NO4. The predicted octanol–water partition coefficient (Wildman–Crippen LogP) is 2.44. The van der Waals surface area contributed by atoms with E-state index >= 15 is 0 Å². The van der Waals surface area contributed by atoms with E-state index in [2.05, 4.69) is 0 Å². The first-order valence-corrected chi connectivity index (χ1v) is 4.15. The summed E-state index contributed by atoms with van der Waals surface area (Å²) in [5.74, 6) is -1.50. The van der Waals surface area contributed by atoms with Crippen molar-refractivity contribution in [3.05, 3.63) is 33.4 Å². The first kappa shape index (κ1) is 12.0. The van der Waals surface area contributed by atoms with Crippen molar-refractivity contribution in [3.8, 4) is 5.75 Å². The zero-order valence-corrected chi connectivity index (χ0v) is 8.11. The van der Waals surface area contributed by atoms with Crippen molar-refractivity contribution in [2.24, 2.45) is 0 Å². The smallest absolute Gasteiger partial charge is 0.319 e. The van der Waals surface area contributed by atoms with Gasteiger partial charge >= 0.3 is 5.69 Å². The molecule has 0 radical (unpaired) electrons.